The molecule has 18 heavy (non-hydrogen) atoms. The van der Waals surface area contributed by atoms with Gasteiger partial charge in [0.15, 0.2) is 5.69 Å². The molecule has 2 aromatic heterocycles. The Morgan fingerprint density at radius 2 is 2.06 bits per heavy atom. The minimum atomic E-state index is -0.372. The van der Waals surface area contributed by atoms with Crippen LogP contribution in [0, 0.1) is 0 Å². The molecular weight excluding hydrogens is 234 g/mol. The van der Waals surface area contributed by atoms with Gasteiger partial charge in [-0.2, -0.15) is 5.10 Å². The highest BCUT2D eigenvalue weighted by molar-refractivity contribution is 5.95. The van der Waals surface area contributed by atoms with Crippen LogP contribution in [0.3, 0.4) is 0 Å². The molecule has 4 rings (SSSR count). The van der Waals surface area contributed by atoms with E-state index in [1.54, 1.807) is 0 Å². The summed E-state index contributed by atoms with van der Waals surface area (Å²) >= 11 is 0. The van der Waals surface area contributed by atoms with E-state index in [0.717, 1.165) is 22.4 Å². The summed E-state index contributed by atoms with van der Waals surface area (Å²) in [5.74, 6) is -0.155. The van der Waals surface area contributed by atoms with Gasteiger partial charge in [-0.15, -0.1) is 0 Å². The summed E-state index contributed by atoms with van der Waals surface area (Å²) in [4.78, 5) is 26.0. The molecule has 0 radical (unpaired) electrons. The molecule has 0 saturated carbocycles. The third-order valence-electron chi connectivity index (χ3n) is 3.50. The molecule has 0 aromatic carbocycles. The van der Waals surface area contributed by atoms with Crippen LogP contribution >= 0.6 is 0 Å². The first-order valence-corrected chi connectivity index (χ1v) is 5.69. The van der Waals surface area contributed by atoms with E-state index in [1.807, 2.05) is 6.20 Å². The zero-order chi connectivity index (χ0) is 12.3. The molecule has 1 aliphatic heterocycles. The first-order chi connectivity index (χ1) is 8.74. The van der Waals surface area contributed by atoms with Crippen molar-refractivity contribution in [2.75, 3.05) is 0 Å². The van der Waals surface area contributed by atoms with Gasteiger partial charge < -0.3 is 9.72 Å². The molecule has 6 nitrogen and oxygen atoms in total. The van der Waals surface area contributed by atoms with Crippen LogP contribution in [0.25, 0.3) is 11.4 Å². The fourth-order valence-electron chi connectivity index (χ4n) is 2.63. The van der Waals surface area contributed by atoms with Gasteiger partial charge in [0, 0.05) is 19.0 Å². The zero-order valence-electron chi connectivity index (χ0n) is 9.37. The van der Waals surface area contributed by atoms with Crippen LogP contribution in [0.15, 0.2) is 6.20 Å². The first kappa shape index (κ1) is 9.64. The minimum absolute atomic E-state index is 0.217. The molecule has 0 amide bonds. The van der Waals surface area contributed by atoms with E-state index in [9.17, 15) is 9.59 Å². The lowest BCUT2D eigenvalue weighted by atomic mass is 10.1. The number of aromatic nitrogens is 3. The summed E-state index contributed by atoms with van der Waals surface area (Å²) < 4.78 is 4.95. The van der Waals surface area contributed by atoms with Crippen molar-refractivity contribution in [2.24, 2.45) is 0 Å². The van der Waals surface area contributed by atoms with Crippen molar-refractivity contribution in [3.8, 4) is 11.4 Å². The second kappa shape index (κ2) is 3.10. The van der Waals surface area contributed by atoms with Crippen molar-refractivity contribution < 1.29 is 14.3 Å². The number of nitrogens with one attached hydrogen (secondary N) is 2. The third-order valence-corrected chi connectivity index (χ3v) is 3.50. The SMILES string of the molecule is O=C1Cc2c[nH]c(-c3n[nH]c4c3COC4=O)c2C1. The summed E-state index contributed by atoms with van der Waals surface area (Å²) in [5.41, 5.74) is 4.71. The van der Waals surface area contributed by atoms with E-state index in [-0.39, 0.29) is 18.4 Å². The zero-order valence-corrected chi connectivity index (χ0v) is 9.37. The van der Waals surface area contributed by atoms with Crippen LogP contribution in [0.2, 0.25) is 0 Å². The number of ether oxygens (including phenoxy) is 1. The molecule has 1 aliphatic carbocycles. The molecule has 90 valence electrons. The van der Waals surface area contributed by atoms with Gasteiger partial charge in [-0.1, -0.05) is 0 Å². The lowest BCUT2D eigenvalue weighted by Crippen LogP contribution is -1.97. The van der Waals surface area contributed by atoms with Crippen molar-refractivity contribution in [1.82, 2.24) is 15.2 Å². The number of cyclic esters (lactones) is 1. The highest BCUT2D eigenvalue weighted by Crippen LogP contribution is 2.34. The minimum Gasteiger partial charge on any atom is -0.456 e. The molecule has 2 N–H and O–H groups in total. The van der Waals surface area contributed by atoms with E-state index in [1.165, 1.54) is 0 Å². The monoisotopic (exact) mass is 243 g/mol. The fourth-order valence-corrected chi connectivity index (χ4v) is 2.63. The topological polar surface area (TPSA) is 87.8 Å². The number of carbonyl (C=O) groups excluding carboxylic acids is 2. The Bertz CT molecular complexity index is 695. The molecule has 0 atom stereocenters. The van der Waals surface area contributed by atoms with Crippen LogP contribution in [0.5, 0.6) is 0 Å². The number of nitrogens with zero attached hydrogens (tertiary/aromatic N) is 1. The smallest absolute Gasteiger partial charge is 0.357 e. The van der Waals surface area contributed by atoms with Gasteiger partial charge in [0.05, 0.1) is 11.3 Å². The molecule has 0 spiro atoms. The molecule has 2 aliphatic rings. The lowest BCUT2D eigenvalue weighted by molar-refractivity contribution is -0.117. The summed E-state index contributed by atoms with van der Waals surface area (Å²) in [6.45, 7) is 0.238. The summed E-state index contributed by atoms with van der Waals surface area (Å²) in [7, 11) is 0. The Labute approximate surface area is 101 Å². The molecule has 0 unspecified atom stereocenters. The second-order valence-corrected chi connectivity index (χ2v) is 4.56. The van der Waals surface area contributed by atoms with Crippen LogP contribution in [-0.2, 0) is 29.0 Å². The Balaban J connectivity index is 1.88. The van der Waals surface area contributed by atoms with E-state index in [2.05, 4.69) is 15.2 Å². The number of fused-ring (bicyclic) bond motifs is 2. The maximum Gasteiger partial charge on any atom is 0.357 e. The summed E-state index contributed by atoms with van der Waals surface area (Å²) in [5, 5.41) is 6.86. The Morgan fingerprint density at radius 3 is 2.94 bits per heavy atom. The maximum absolute atomic E-state index is 11.4. The van der Waals surface area contributed by atoms with Gasteiger partial charge in [-0.05, 0) is 11.1 Å². The van der Waals surface area contributed by atoms with Gasteiger partial charge >= 0.3 is 5.97 Å². The van der Waals surface area contributed by atoms with Gasteiger partial charge in [-0.25, -0.2) is 4.79 Å². The normalized spacial score (nSPS) is 16.9. The van der Waals surface area contributed by atoms with Crippen molar-refractivity contribution >= 4 is 11.8 Å². The molecule has 0 saturated heterocycles. The number of H-pyrrole nitrogens is 2. The Kier molecular flexibility index (Phi) is 1.66. The number of rotatable bonds is 1. The van der Waals surface area contributed by atoms with Crippen LogP contribution in [0.4, 0.5) is 0 Å². The first-order valence-electron chi connectivity index (χ1n) is 5.69. The molecule has 6 heteroatoms. The average molecular weight is 243 g/mol. The molecule has 3 heterocycles. The number of carbonyl (C=O) groups is 2. The molecule has 0 bridgehead atoms. The van der Waals surface area contributed by atoms with E-state index < -0.39 is 0 Å². The number of ketones is 1. The fraction of sp³-hybridized carbons (Fsp3) is 0.250. The number of hydrogen-bond acceptors (Lipinski definition) is 4. The largest absolute Gasteiger partial charge is 0.456 e. The van der Waals surface area contributed by atoms with E-state index in [4.69, 9.17) is 4.74 Å². The number of aromatic amines is 2. The summed E-state index contributed by atoms with van der Waals surface area (Å²) in [6, 6.07) is 0. The van der Waals surface area contributed by atoms with E-state index in [0.29, 0.717) is 24.2 Å². The number of esters is 1. The van der Waals surface area contributed by atoms with Crippen molar-refractivity contribution in [3.05, 3.63) is 28.6 Å². The maximum atomic E-state index is 11.4. The highest BCUT2D eigenvalue weighted by Gasteiger charge is 2.31. The van der Waals surface area contributed by atoms with Crippen LogP contribution < -0.4 is 0 Å². The lowest BCUT2D eigenvalue weighted by Gasteiger charge is -1.99. The van der Waals surface area contributed by atoms with Gasteiger partial charge in [0.2, 0.25) is 0 Å². The van der Waals surface area contributed by atoms with Gasteiger partial charge in [-0.3, -0.25) is 9.89 Å². The molecule has 0 fully saturated rings. The predicted molar refractivity (Wildman–Crippen MR) is 59.9 cm³/mol. The quantitative estimate of drug-likeness (QED) is 0.723. The molecular formula is C12H9N3O3. The Morgan fingerprint density at radius 1 is 1.17 bits per heavy atom. The van der Waals surface area contributed by atoms with Crippen molar-refractivity contribution in [1.29, 1.82) is 0 Å². The van der Waals surface area contributed by atoms with Crippen molar-refractivity contribution in [3.63, 3.8) is 0 Å². The van der Waals surface area contributed by atoms with Crippen LogP contribution in [-0.4, -0.2) is 26.9 Å². The van der Waals surface area contributed by atoms with Gasteiger partial charge in [0.25, 0.3) is 0 Å². The standard InChI is InChI=1S/C12H9N3O3/c16-6-1-5-3-13-9(7(5)2-6)10-8-4-18-12(17)11(8)15-14-10/h3,13H,1-2,4H2,(H,14,15). The summed E-state index contributed by atoms with van der Waals surface area (Å²) in [6.07, 6.45) is 2.76. The van der Waals surface area contributed by atoms with Crippen LogP contribution in [0.1, 0.15) is 27.2 Å². The average Bonchev–Trinajstić information content (AvgIpc) is 3.02. The highest BCUT2D eigenvalue weighted by atomic mass is 16.5. The number of Topliss-reactive ketones (excluding diaryl/α,β-unsaturated/α-hetero) is 1. The molecule has 2 aromatic rings. The second-order valence-electron chi connectivity index (χ2n) is 4.56. The Hall–Kier alpha value is -2.37. The third kappa shape index (κ3) is 1.09. The predicted octanol–water partition coefficient (Wildman–Crippen LogP) is 0.743. The number of hydrogen-bond donors (Lipinski definition) is 2. The van der Waals surface area contributed by atoms with Gasteiger partial charge in [0.1, 0.15) is 18.1 Å². The van der Waals surface area contributed by atoms with Crippen molar-refractivity contribution in [2.45, 2.75) is 19.4 Å². The van der Waals surface area contributed by atoms with E-state index >= 15 is 0 Å².